The summed E-state index contributed by atoms with van der Waals surface area (Å²) in [6.45, 7) is 4.32. The number of aliphatic hydroxyl groups excluding tert-OH is 1. The van der Waals surface area contributed by atoms with Crippen molar-refractivity contribution in [2.45, 2.75) is 32.8 Å². The third-order valence-corrected chi connectivity index (χ3v) is 2.07. The smallest absolute Gasteiger partial charge is 0.0568 e. The summed E-state index contributed by atoms with van der Waals surface area (Å²) >= 11 is 0. The highest BCUT2D eigenvalue weighted by Gasteiger charge is 2.25. The second-order valence-electron chi connectivity index (χ2n) is 3.12. The average Bonchev–Trinajstić information content (AvgIpc) is 1.85. The average molecular weight is 114 g/mol. The van der Waals surface area contributed by atoms with Gasteiger partial charge in [0, 0.05) is 0 Å². The summed E-state index contributed by atoms with van der Waals surface area (Å²) in [7, 11) is 0. The van der Waals surface area contributed by atoms with Crippen LogP contribution in [0.2, 0.25) is 0 Å². The SMILES string of the molecule is CC1CC(C)[C@H](O)C1. The van der Waals surface area contributed by atoms with E-state index >= 15 is 0 Å². The van der Waals surface area contributed by atoms with Gasteiger partial charge in [-0.05, 0) is 24.7 Å². The van der Waals surface area contributed by atoms with Gasteiger partial charge in [0.2, 0.25) is 0 Å². The molecule has 1 saturated carbocycles. The van der Waals surface area contributed by atoms with Crippen LogP contribution in [0.15, 0.2) is 0 Å². The first-order valence-corrected chi connectivity index (χ1v) is 3.38. The number of aliphatic hydroxyl groups is 1. The number of rotatable bonds is 0. The van der Waals surface area contributed by atoms with Crippen LogP contribution in [0.3, 0.4) is 0 Å². The van der Waals surface area contributed by atoms with E-state index in [0.29, 0.717) is 5.92 Å². The summed E-state index contributed by atoms with van der Waals surface area (Å²) in [5.41, 5.74) is 0. The van der Waals surface area contributed by atoms with Crippen LogP contribution < -0.4 is 0 Å². The molecule has 1 aliphatic carbocycles. The van der Waals surface area contributed by atoms with Gasteiger partial charge in [-0.15, -0.1) is 0 Å². The molecule has 1 fully saturated rings. The third-order valence-electron chi connectivity index (χ3n) is 2.07. The molecule has 0 heterocycles. The maximum atomic E-state index is 9.17. The second-order valence-corrected chi connectivity index (χ2v) is 3.12. The van der Waals surface area contributed by atoms with Crippen molar-refractivity contribution in [3.05, 3.63) is 0 Å². The molecule has 0 radical (unpaired) electrons. The Morgan fingerprint density at radius 3 is 2.00 bits per heavy atom. The molecule has 0 aliphatic heterocycles. The lowest BCUT2D eigenvalue weighted by Crippen LogP contribution is -2.07. The van der Waals surface area contributed by atoms with Crippen LogP contribution in [0.5, 0.6) is 0 Å². The Balaban J connectivity index is 2.39. The van der Waals surface area contributed by atoms with E-state index in [1.54, 1.807) is 0 Å². The lowest BCUT2D eigenvalue weighted by Gasteiger charge is -2.04. The van der Waals surface area contributed by atoms with Crippen molar-refractivity contribution in [2.24, 2.45) is 11.8 Å². The standard InChI is InChI=1S/C7H14O/c1-5-3-6(2)7(8)4-5/h5-8H,3-4H2,1-2H3/t5?,6?,7-/m1/s1. The first kappa shape index (κ1) is 6.09. The van der Waals surface area contributed by atoms with Gasteiger partial charge in [0.1, 0.15) is 0 Å². The van der Waals surface area contributed by atoms with Crippen LogP contribution in [0.1, 0.15) is 26.7 Å². The van der Waals surface area contributed by atoms with E-state index in [9.17, 15) is 0 Å². The Morgan fingerprint density at radius 1 is 1.25 bits per heavy atom. The van der Waals surface area contributed by atoms with Crippen molar-refractivity contribution in [1.82, 2.24) is 0 Å². The molecule has 0 amide bonds. The van der Waals surface area contributed by atoms with E-state index in [1.165, 1.54) is 6.42 Å². The zero-order valence-electron chi connectivity index (χ0n) is 5.59. The molecule has 0 aromatic rings. The van der Waals surface area contributed by atoms with Crippen LogP contribution in [0.25, 0.3) is 0 Å². The highest BCUT2D eigenvalue weighted by atomic mass is 16.3. The maximum Gasteiger partial charge on any atom is 0.0568 e. The van der Waals surface area contributed by atoms with Crippen molar-refractivity contribution in [1.29, 1.82) is 0 Å². The van der Waals surface area contributed by atoms with Crippen LogP contribution in [0.4, 0.5) is 0 Å². The lowest BCUT2D eigenvalue weighted by atomic mass is 10.1. The minimum atomic E-state index is -0.00926. The van der Waals surface area contributed by atoms with Gasteiger partial charge in [0.25, 0.3) is 0 Å². The van der Waals surface area contributed by atoms with E-state index in [2.05, 4.69) is 13.8 Å². The molecule has 1 heteroatoms. The van der Waals surface area contributed by atoms with Gasteiger partial charge in [0.15, 0.2) is 0 Å². The molecule has 1 rings (SSSR count). The van der Waals surface area contributed by atoms with Crippen LogP contribution in [0, 0.1) is 11.8 Å². The molecule has 0 aromatic heterocycles. The summed E-state index contributed by atoms with van der Waals surface area (Å²) in [5, 5.41) is 9.17. The Morgan fingerprint density at radius 2 is 1.88 bits per heavy atom. The fourth-order valence-corrected chi connectivity index (χ4v) is 1.53. The van der Waals surface area contributed by atoms with E-state index in [0.717, 1.165) is 12.3 Å². The van der Waals surface area contributed by atoms with Crippen molar-refractivity contribution in [3.63, 3.8) is 0 Å². The lowest BCUT2D eigenvalue weighted by molar-refractivity contribution is 0.140. The Kier molecular flexibility index (Phi) is 1.57. The van der Waals surface area contributed by atoms with Crippen molar-refractivity contribution in [3.8, 4) is 0 Å². The summed E-state index contributed by atoms with van der Waals surface area (Å²) < 4.78 is 0. The predicted octanol–water partition coefficient (Wildman–Crippen LogP) is 1.41. The minimum Gasteiger partial charge on any atom is -0.393 e. The molecule has 0 bridgehead atoms. The van der Waals surface area contributed by atoms with E-state index in [1.807, 2.05) is 0 Å². The molecule has 8 heavy (non-hydrogen) atoms. The molecule has 0 saturated heterocycles. The third kappa shape index (κ3) is 1.03. The molecular weight excluding hydrogens is 100 g/mol. The first-order valence-electron chi connectivity index (χ1n) is 3.38. The first-order chi connectivity index (χ1) is 3.70. The Bertz CT molecular complexity index is 70.5. The monoisotopic (exact) mass is 114 g/mol. The van der Waals surface area contributed by atoms with Crippen LogP contribution >= 0.6 is 0 Å². The molecule has 2 unspecified atom stereocenters. The summed E-state index contributed by atoms with van der Waals surface area (Å²) in [5.74, 6) is 1.30. The van der Waals surface area contributed by atoms with Crippen molar-refractivity contribution in [2.75, 3.05) is 0 Å². The van der Waals surface area contributed by atoms with Crippen molar-refractivity contribution >= 4 is 0 Å². The molecule has 1 aliphatic rings. The van der Waals surface area contributed by atoms with Crippen LogP contribution in [-0.4, -0.2) is 11.2 Å². The molecule has 48 valence electrons. The highest BCUT2D eigenvalue weighted by molar-refractivity contribution is 4.77. The Hall–Kier alpha value is -0.0400. The summed E-state index contributed by atoms with van der Waals surface area (Å²) in [4.78, 5) is 0. The van der Waals surface area contributed by atoms with E-state index in [-0.39, 0.29) is 6.10 Å². The van der Waals surface area contributed by atoms with Gasteiger partial charge in [-0.2, -0.15) is 0 Å². The molecular formula is C7H14O. The molecule has 1 nitrogen and oxygen atoms in total. The van der Waals surface area contributed by atoms with Crippen LogP contribution in [-0.2, 0) is 0 Å². The largest absolute Gasteiger partial charge is 0.393 e. The summed E-state index contributed by atoms with van der Waals surface area (Å²) in [6.07, 6.45) is 2.22. The fourth-order valence-electron chi connectivity index (χ4n) is 1.53. The van der Waals surface area contributed by atoms with Gasteiger partial charge in [-0.3, -0.25) is 0 Å². The topological polar surface area (TPSA) is 20.2 Å². The van der Waals surface area contributed by atoms with Gasteiger partial charge in [-0.1, -0.05) is 13.8 Å². The quantitative estimate of drug-likeness (QED) is 0.505. The normalized spacial score (nSPS) is 47.6. The minimum absolute atomic E-state index is 0.00926. The molecule has 0 aromatic carbocycles. The predicted molar refractivity (Wildman–Crippen MR) is 33.6 cm³/mol. The van der Waals surface area contributed by atoms with Crippen molar-refractivity contribution < 1.29 is 5.11 Å². The van der Waals surface area contributed by atoms with Gasteiger partial charge >= 0.3 is 0 Å². The van der Waals surface area contributed by atoms with E-state index in [4.69, 9.17) is 5.11 Å². The zero-order chi connectivity index (χ0) is 6.15. The van der Waals surface area contributed by atoms with Gasteiger partial charge in [-0.25, -0.2) is 0 Å². The highest BCUT2D eigenvalue weighted by Crippen LogP contribution is 2.29. The zero-order valence-corrected chi connectivity index (χ0v) is 5.59. The molecule has 1 N–H and O–H groups in total. The fraction of sp³-hybridized carbons (Fsp3) is 1.00. The molecule has 0 spiro atoms. The second kappa shape index (κ2) is 2.06. The maximum absolute atomic E-state index is 9.17. The van der Waals surface area contributed by atoms with Gasteiger partial charge < -0.3 is 5.11 Å². The number of hydrogen-bond acceptors (Lipinski definition) is 1. The van der Waals surface area contributed by atoms with Gasteiger partial charge in [0.05, 0.1) is 6.10 Å². The van der Waals surface area contributed by atoms with E-state index < -0.39 is 0 Å². The Labute approximate surface area is 50.7 Å². The number of hydrogen-bond donors (Lipinski definition) is 1. The molecule has 3 atom stereocenters. The summed E-state index contributed by atoms with van der Waals surface area (Å²) in [6, 6.07) is 0.